The predicted molar refractivity (Wildman–Crippen MR) is 109 cm³/mol. The predicted octanol–water partition coefficient (Wildman–Crippen LogP) is 3.91. The van der Waals surface area contributed by atoms with Crippen LogP contribution in [0.1, 0.15) is 29.8 Å². The van der Waals surface area contributed by atoms with Gasteiger partial charge in [-0.1, -0.05) is 43.1 Å². The van der Waals surface area contributed by atoms with Gasteiger partial charge in [0, 0.05) is 13.1 Å². The fourth-order valence-electron chi connectivity index (χ4n) is 2.54. The van der Waals surface area contributed by atoms with Crippen molar-refractivity contribution >= 4 is 27.6 Å². The van der Waals surface area contributed by atoms with Gasteiger partial charge in [-0.05, 0) is 37.3 Å². The van der Waals surface area contributed by atoms with Crippen molar-refractivity contribution in [3.8, 4) is 5.75 Å². The van der Waals surface area contributed by atoms with Gasteiger partial charge in [0.25, 0.3) is 0 Å². The third-order valence-corrected chi connectivity index (χ3v) is 6.63. The summed E-state index contributed by atoms with van der Waals surface area (Å²) >= 11 is 6.07. The minimum absolute atomic E-state index is 0.0352. The average Bonchev–Trinajstić information content (AvgIpc) is 2.67. The molecule has 0 aliphatic heterocycles. The number of esters is 1. The molecular formula is C20H24ClNO5S. The summed E-state index contributed by atoms with van der Waals surface area (Å²) in [6.45, 7) is 6.29. The summed E-state index contributed by atoms with van der Waals surface area (Å²) in [5.41, 5.74) is 1.24. The van der Waals surface area contributed by atoms with Gasteiger partial charge < -0.3 is 9.47 Å². The van der Waals surface area contributed by atoms with E-state index in [-0.39, 0.29) is 28.7 Å². The highest BCUT2D eigenvalue weighted by Gasteiger charge is 2.25. The van der Waals surface area contributed by atoms with Gasteiger partial charge in [0.1, 0.15) is 23.9 Å². The van der Waals surface area contributed by atoms with Crippen molar-refractivity contribution in [1.29, 1.82) is 0 Å². The third kappa shape index (κ3) is 5.47. The zero-order chi connectivity index (χ0) is 20.7. The van der Waals surface area contributed by atoms with Crippen LogP contribution in [-0.2, 0) is 14.8 Å². The van der Waals surface area contributed by atoms with Crippen molar-refractivity contribution in [1.82, 2.24) is 4.31 Å². The van der Waals surface area contributed by atoms with Crippen molar-refractivity contribution < 1.29 is 22.7 Å². The van der Waals surface area contributed by atoms with E-state index in [1.54, 1.807) is 13.8 Å². The van der Waals surface area contributed by atoms with E-state index in [1.165, 1.54) is 22.5 Å². The Morgan fingerprint density at radius 1 is 1.04 bits per heavy atom. The van der Waals surface area contributed by atoms with Gasteiger partial charge in [-0.15, -0.1) is 0 Å². The van der Waals surface area contributed by atoms with Crippen molar-refractivity contribution in [2.45, 2.75) is 25.7 Å². The first-order chi connectivity index (χ1) is 13.3. The number of nitrogens with zero attached hydrogens (tertiary/aromatic N) is 1. The maximum Gasteiger partial charge on any atom is 0.338 e. The lowest BCUT2D eigenvalue weighted by molar-refractivity contribution is 0.0450. The molecule has 0 bridgehead atoms. The van der Waals surface area contributed by atoms with Crippen LogP contribution >= 0.6 is 11.6 Å². The Hall–Kier alpha value is -2.09. The molecule has 0 amide bonds. The molecule has 0 radical (unpaired) electrons. The summed E-state index contributed by atoms with van der Waals surface area (Å²) in [6, 6.07) is 11.6. The fraction of sp³-hybridized carbons (Fsp3) is 0.350. The first kappa shape index (κ1) is 22.2. The van der Waals surface area contributed by atoms with E-state index in [4.69, 9.17) is 21.1 Å². The molecular weight excluding hydrogens is 402 g/mol. The molecule has 2 aromatic rings. The molecule has 0 saturated carbocycles. The van der Waals surface area contributed by atoms with Crippen LogP contribution < -0.4 is 4.74 Å². The number of carbonyl (C=O) groups is 1. The molecule has 0 unspecified atom stereocenters. The first-order valence-corrected chi connectivity index (χ1v) is 10.8. The SMILES string of the molecule is CCN(CC)S(=O)(=O)c1cc(C(=O)OCCOc2ccc(C)cc2)ccc1Cl. The molecule has 8 heteroatoms. The van der Waals surface area contributed by atoms with Gasteiger partial charge in [-0.3, -0.25) is 0 Å². The van der Waals surface area contributed by atoms with Crippen LogP contribution in [0.2, 0.25) is 5.02 Å². The Morgan fingerprint density at radius 2 is 1.68 bits per heavy atom. The summed E-state index contributed by atoms with van der Waals surface area (Å²) in [5, 5.41) is 0.0613. The quantitative estimate of drug-likeness (QED) is 0.449. The van der Waals surface area contributed by atoms with Crippen molar-refractivity contribution in [3.05, 3.63) is 58.6 Å². The Balaban J connectivity index is 2.02. The highest BCUT2D eigenvalue weighted by molar-refractivity contribution is 7.89. The average molecular weight is 426 g/mol. The first-order valence-electron chi connectivity index (χ1n) is 8.95. The minimum Gasteiger partial charge on any atom is -0.490 e. The van der Waals surface area contributed by atoms with Crippen LogP contribution in [0.3, 0.4) is 0 Å². The van der Waals surface area contributed by atoms with Crippen molar-refractivity contribution in [2.24, 2.45) is 0 Å². The van der Waals surface area contributed by atoms with E-state index in [0.29, 0.717) is 18.8 Å². The summed E-state index contributed by atoms with van der Waals surface area (Å²) in [5.74, 6) is 0.0425. The molecule has 0 spiro atoms. The van der Waals surface area contributed by atoms with Crippen LogP contribution in [0.15, 0.2) is 47.4 Å². The molecule has 0 heterocycles. The molecule has 0 N–H and O–H groups in total. The zero-order valence-electron chi connectivity index (χ0n) is 16.1. The molecule has 2 rings (SSSR count). The van der Waals surface area contributed by atoms with Gasteiger partial charge in [-0.25, -0.2) is 13.2 Å². The molecule has 0 fully saturated rings. The Bertz CT molecular complexity index is 909. The Labute approximate surface area is 171 Å². The Morgan fingerprint density at radius 3 is 2.29 bits per heavy atom. The number of carbonyl (C=O) groups excluding carboxylic acids is 1. The van der Waals surface area contributed by atoms with E-state index in [9.17, 15) is 13.2 Å². The van der Waals surface area contributed by atoms with E-state index in [2.05, 4.69) is 0 Å². The topological polar surface area (TPSA) is 72.9 Å². The smallest absolute Gasteiger partial charge is 0.338 e. The number of aryl methyl sites for hydroxylation is 1. The van der Waals surface area contributed by atoms with Crippen LogP contribution in [-0.4, -0.2) is 45.0 Å². The van der Waals surface area contributed by atoms with Crippen molar-refractivity contribution in [3.63, 3.8) is 0 Å². The second-order valence-corrected chi connectivity index (χ2v) is 8.35. The van der Waals surface area contributed by atoms with Crippen LogP contribution in [0.4, 0.5) is 0 Å². The normalized spacial score (nSPS) is 11.5. The number of hydrogen-bond acceptors (Lipinski definition) is 5. The monoisotopic (exact) mass is 425 g/mol. The van der Waals surface area contributed by atoms with Gasteiger partial charge in [-0.2, -0.15) is 4.31 Å². The van der Waals surface area contributed by atoms with Gasteiger partial charge >= 0.3 is 5.97 Å². The lowest BCUT2D eigenvalue weighted by Gasteiger charge is -2.19. The zero-order valence-corrected chi connectivity index (χ0v) is 17.7. The molecule has 0 aliphatic rings. The van der Waals surface area contributed by atoms with Crippen LogP contribution in [0.25, 0.3) is 0 Å². The highest BCUT2D eigenvalue weighted by Crippen LogP contribution is 2.26. The van der Waals surface area contributed by atoms with Gasteiger partial charge in [0.2, 0.25) is 10.0 Å². The Kier molecular flexibility index (Phi) is 7.86. The largest absolute Gasteiger partial charge is 0.490 e. The summed E-state index contributed by atoms with van der Waals surface area (Å²) in [7, 11) is -3.78. The number of halogens is 1. The molecule has 0 saturated heterocycles. The number of sulfonamides is 1. The number of hydrogen-bond donors (Lipinski definition) is 0. The van der Waals surface area contributed by atoms with Crippen LogP contribution in [0, 0.1) is 6.92 Å². The highest BCUT2D eigenvalue weighted by atomic mass is 35.5. The standard InChI is InChI=1S/C20H24ClNO5S/c1-4-22(5-2)28(24,25)19-14-16(8-11-18(19)21)20(23)27-13-12-26-17-9-6-15(3)7-10-17/h6-11,14H,4-5,12-13H2,1-3H3. The third-order valence-electron chi connectivity index (χ3n) is 4.10. The maximum absolute atomic E-state index is 12.7. The van der Waals surface area contributed by atoms with Crippen molar-refractivity contribution in [2.75, 3.05) is 26.3 Å². The second kappa shape index (κ2) is 9.91. The number of ether oxygens (including phenoxy) is 2. The number of benzene rings is 2. The minimum atomic E-state index is -3.78. The van der Waals surface area contributed by atoms with Gasteiger partial charge in [0.05, 0.1) is 10.6 Å². The summed E-state index contributed by atoms with van der Waals surface area (Å²) in [6.07, 6.45) is 0. The second-order valence-electron chi connectivity index (χ2n) is 6.03. The molecule has 0 aromatic heterocycles. The lowest BCUT2D eigenvalue weighted by Crippen LogP contribution is -2.31. The molecule has 28 heavy (non-hydrogen) atoms. The summed E-state index contributed by atoms with van der Waals surface area (Å²) in [4.78, 5) is 12.2. The van der Waals surface area contributed by atoms with Gasteiger partial charge in [0.15, 0.2) is 0 Å². The fourth-order valence-corrected chi connectivity index (χ4v) is 4.50. The van der Waals surface area contributed by atoms with E-state index in [1.807, 2.05) is 31.2 Å². The molecule has 6 nitrogen and oxygen atoms in total. The molecule has 0 aliphatic carbocycles. The lowest BCUT2D eigenvalue weighted by atomic mass is 10.2. The van der Waals surface area contributed by atoms with E-state index < -0.39 is 16.0 Å². The van der Waals surface area contributed by atoms with E-state index >= 15 is 0 Å². The molecule has 152 valence electrons. The van der Waals surface area contributed by atoms with E-state index in [0.717, 1.165) is 5.56 Å². The maximum atomic E-state index is 12.7. The molecule has 0 atom stereocenters. The summed E-state index contributed by atoms with van der Waals surface area (Å²) < 4.78 is 37.4. The molecule has 2 aromatic carbocycles. The number of rotatable bonds is 9. The van der Waals surface area contributed by atoms with Crippen LogP contribution in [0.5, 0.6) is 5.75 Å².